The van der Waals surface area contributed by atoms with Gasteiger partial charge in [0.25, 0.3) is 11.8 Å². The van der Waals surface area contributed by atoms with Crippen LogP contribution in [-0.2, 0) is 18.9 Å². The van der Waals surface area contributed by atoms with E-state index in [-0.39, 0.29) is 0 Å². The number of hydrogen-bond donors (Lipinski definition) is 2. The SMILES string of the molecule is COC(N)(OC)C(N)(OC)OC. The molecule has 4 N–H and O–H groups in total. The van der Waals surface area contributed by atoms with Crippen molar-refractivity contribution in [1.82, 2.24) is 0 Å². The summed E-state index contributed by atoms with van der Waals surface area (Å²) in [5.41, 5.74) is 11.2. The fourth-order valence-electron chi connectivity index (χ4n) is 0.736. The zero-order valence-electron chi connectivity index (χ0n) is 7.79. The molecular weight excluding hydrogens is 164 g/mol. The van der Waals surface area contributed by atoms with Crippen LogP contribution in [0.1, 0.15) is 0 Å². The van der Waals surface area contributed by atoms with Crippen molar-refractivity contribution in [3.63, 3.8) is 0 Å². The van der Waals surface area contributed by atoms with Crippen molar-refractivity contribution in [2.24, 2.45) is 11.5 Å². The van der Waals surface area contributed by atoms with E-state index in [1.54, 1.807) is 0 Å². The minimum atomic E-state index is -1.63. The third-order valence-corrected chi connectivity index (χ3v) is 1.70. The minimum Gasteiger partial charge on any atom is -0.336 e. The fraction of sp³-hybridized carbons (Fsp3) is 1.00. The summed E-state index contributed by atoms with van der Waals surface area (Å²) in [6.45, 7) is 0. The second kappa shape index (κ2) is 4.13. The highest BCUT2D eigenvalue weighted by Crippen LogP contribution is 2.20. The number of rotatable bonds is 5. The highest BCUT2D eigenvalue weighted by molar-refractivity contribution is 4.77. The van der Waals surface area contributed by atoms with Crippen molar-refractivity contribution in [2.45, 2.75) is 11.8 Å². The second-order valence-corrected chi connectivity index (χ2v) is 2.15. The first-order valence-corrected chi connectivity index (χ1v) is 3.28. The molecule has 0 aliphatic rings. The Kier molecular flexibility index (Phi) is 4.04. The predicted molar refractivity (Wildman–Crippen MR) is 41.9 cm³/mol. The zero-order chi connectivity index (χ0) is 9.83. The topological polar surface area (TPSA) is 89.0 Å². The quantitative estimate of drug-likeness (QED) is 0.516. The number of hydrogen-bond acceptors (Lipinski definition) is 6. The Morgan fingerprint density at radius 3 is 0.917 bits per heavy atom. The van der Waals surface area contributed by atoms with Gasteiger partial charge in [-0.1, -0.05) is 0 Å². The molecule has 6 heteroatoms. The highest BCUT2D eigenvalue weighted by Gasteiger charge is 2.49. The van der Waals surface area contributed by atoms with E-state index in [2.05, 4.69) is 0 Å². The summed E-state index contributed by atoms with van der Waals surface area (Å²) in [6.07, 6.45) is 0. The first kappa shape index (κ1) is 11.8. The van der Waals surface area contributed by atoms with E-state index in [4.69, 9.17) is 30.4 Å². The van der Waals surface area contributed by atoms with E-state index in [0.717, 1.165) is 0 Å². The van der Waals surface area contributed by atoms with Gasteiger partial charge in [-0.15, -0.1) is 0 Å². The van der Waals surface area contributed by atoms with Crippen LogP contribution in [0.15, 0.2) is 0 Å². The lowest BCUT2D eigenvalue weighted by Crippen LogP contribution is -2.70. The summed E-state index contributed by atoms with van der Waals surface area (Å²) < 4.78 is 19.3. The van der Waals surface area contributed by atoms with Gasteiger partial charge in [0.1, 0.15) is 0 Å². The van der Waals surface area contributed by atoms with Crippen molar-refractivity contribution in [3.8, 4) is 0 Å². The first-order chi connectivity index (χ1) is 5.49. The maximum Gasteiger partial charge on any atom is 0.297 e. The van der Waals surface area contributed by atoms with E-state index in [0.29, 0.717) is 0 Å². The Morgan fingerprint density at radius 1 is 0.667 bits per heavy atom. The van der Waals surface area contributed by atoms with Gasteiger partial charge < -0.3 is 18.9 Å². The van der Waals surface area contributed by atoms with Crippen LogP contribution >= 0.6 is 0 Å². The Bertz CT molecular complexity index is 118. The largest absolute Gasteiger partial charge is 0.336 e. The molecular formula is C6H16N2O4. The number of ether oxygens (including phenoxy) is 4. The zero-order valence-corrected chi connectivity index (χ0v) is 7.79. The standard InChI is InChI=1S/C6H16N2O4/c1-9-5(7,10-2)6(8,11-3)12-4/h7-8H2,1-4H3. The molecule has 0 fully saturated rings. The molecule has 0 rings (SSSR count). The molecule has 0 aromatic rings. The van der Waals surface area contributed by atoms with Crippen molar-refractivity contribution < 1.29 is 18.9 Å². The van der Waals surface area contributed by atoms with Crippen LogP contribution in [0.5, 0.6) is 0 Å². The molecule has 0 aliphatic carbocycles. The van der Waals surface area contributed by atoms with Crippen LogP contribution < -0.4 is 11.5 Å². The average molecular weight is 180 g/mol. The maximum atomic E-state index is 5.58. The highest BCUT2D eigenvalue weighted by atomic mass is 16.8. The third kappa shape index (κ3) is 1.74. The van der Waals surface area contributed by atoms with E-state index in [9.17, 15) is 0 Å². The maximum absolute atomic E-state index is 5.58. The van der Waals surface area contributed by atoms with E-state index in [1.165, 1.54) is 28.4 Å². The monoisotopic (exact) mass is 180 g/mol. The van der Waals surface area contributed by atoms with Crippen molar-refractivity contribution in [3.05, 3.63) is 0 Å². The van der Waals surface area contributed by atoms with Gasteiger partial charge in [-0.3, -0.25) is 11.5 Å². The van der Waals surface area contributed by atoms with Gasteiger partial charge in [-0.05, 0) is 0 Å². The molecule has 0 radical (unpaired) electrons. The van der Waals surface area contributed by atoms with Crippen LogP contribution in [0.25, 0.3) is 0 Å². The van der Waals surface area contributed by atoms with E-state index < -0.39 is 11.8 Å². The second-order valence-electron chi connectivity index (χ2n) is 2.15. The van der Waals surface area contributed by atoms with Crippen molar-refractivity contribution >= 4 is 0 Å². The summed E-state index contributed by atoms with van der Waals surface area (Å²) in [4.78, 5) is 0. The van der Waals surface area contributed by atoms with Crippen LogP contribution in [0.3, 0.4) is 0 Å². The Labute approximate surface area is 71.7 Å². The summed E-state index contributed by atoms with van der Waals surface area (Å²) in [5.74, 6) is -3.26. The van der Waals surface area contributed by atoms with Crippen LogP contribution in [-0.4, -0.2) is 40.3 Å². The Morgan fingerprint density at radius 2 is 0.833 bits per heavy atom. The number of nitrogens with two attached hydrogens (primary N) is 2. The molecule has 0 amide bonds. The van der Waals surface area contributed by atoms with Gasteiger partial charge in [0.15, 0.2) is 0 Å². The molecule has 0 saturated carbocycles. The molecule has 74 valence electrons. The molecule has 0 unspecified atom stereocenters. The molecule has 6 nitrogen and oxygen atoms in total. The molecule has 0 aliphatic heterocycles. The molecule has 0 heterocycles. The van der Waals surface area contributed by atoms with E-state index >= 15 is 0 Å². The van der Waals surface area contributed by atoms with Gasteiger partial charge in [-0.25, -0.2) is 0 Å². The molecule has 0 aromatic heterocycles. The summed E-state index contributed by atoms with van der Waals surface area (Å²) in [6, 6.07) is 0. The summed E-state index contributed by atoms with van der Waals surface area (Å²) >= 11 is 0. The minimum absolute atomic E-state index is 1.34. The fourth-order valence-corrected chi connectivity index (χ4v) is 0.736. The molecule has 0 aromatic carbocycles. The van der Waals surface area contributed by atoms with E-state index in [1.807, 2.05) is 0 Å². The Hall–Kier alpha value is -0.240. The molecule has 0 bridgehead atoms. The smallest absolute Gasteiger partial charge is 0.297 e. The first-order valence-electron chi connectivity index (χ1n) is 3.28. The lowest BCUT2D eigenvalue weighted by molar-refractivity contribution is -0.383. The van der Waals surface area contributed by atoms with Crippen molar-refractivity contribution in [2.75, 3.05) is 28.4 Å². The molecule has 0 spiro atoms. The number of methoxy groups -OCH3 is 4. The molecule has 0 saturated heterocycles. The third-order valence-electron chi connectivity index (χ3n) is 1.70. The van der Waals surface area contributed by atoms with Gasteiger partial charge in [0.05, 0.1) is 0 Å². The average Bonchev–Trinajstić information content (AvgIpc) is 2.15. The molecule has 12 heavy (non-hydrogen) atoms. The lowest BCUT2D eigenvalue weighted by atomic mass is 10.3. The van der Waals surface area contributed by atoms with Crippen LogP contribution in [0, 0.1) is 0 Å². The normalized spacial score (nSPS) is 13.5. The van der Waals surface area contributed by atoms with Gasteiger partial charge in [0.2, 0.25) is 0 Å². The van der Waals surface area contributed by atoms with Gasteiger partial charge in [-0.2, -0.15) is 0 Å². The lowest BCUT2D eigenvalue weighted by Gasteiger charge is -2.39. The van der Waals surface area contributed by atoms with Crippen LogP contribution in [0.2, 0.25) is 0 Å². The van der Waals surface area contributed by atoms with Gasteiger partial charge >= 0.3 is 0 Å². The van der Waals surface area contributed by atoms with Gasteiger partial charge in [0, 0.05) is 28.4 Å². The summed E-state index contributed by atoms with van der Waals surface area (Å²) in [5, 5.41) is 0. The summed E-state index contributed by atoms with van der Waals surface area (Å²) in [7, 11) is 5.35. The predicted octanol–water partition coefficient (Wildman–Crippen LogP) is -1.20. The van der Waals surface area contributed by atoms with Crippen LogP contribution in [0.4, 0.5) is 0 Å². The van der Waals surface area contributed by atoms with Crippen molar-refractivity contribution in [1.29, 1.82) is 0 Å². The Balaban J connectivity index is 4.66. The molecule has 0 atom stereocenters.